The fraction of sp³-hybridized carbons (Fsp3) is 0.250. The zero-order valence-corrected chi connectivity index (χ0v) is 20.6. The number of para-hydroxylation sites is 1. The Morgan fingerprint density at radius 2 is 1.79 bits per heavy atom. The van der Waals surface area contributed by atoms with Crippen LogP contribution in [-0.4, -0.2) is 22.7 Å². The van der Waals surface area contributed by atoms with E-state index in [9.17, 15) is 4.79 Å². The van der Waals surface area contributed by atoms with E-state index in [0.29, 0.717) is 13.0 Å². The molecule has 166 valence electrons. The van der Waals surface area contributed by atoms with Crippen LogP contribution in [-0.2, 0) is 17.3 Å². The Labute approximate surface area is 202 Å². The second-order valence-corrected chi connectivity index (χ2v) is 10.6. The molecule has 1 aromatic heterocycles. The van der Waals surface area contributed by atoms with Gasteiger partial charge in [-0.1, -0.05) is 60.1 Å². The molecule has 4 nitrogen and oxygen atoms in total. The maximum Gasteiger partial charge on any atom is 0.223 e. The van der Waals surface area contributed by atoms with Gasteiger partial charge >= 0.3 is 0 Å². The second kappa shape index (κ2) is 6.97. The number of rotatable bonds is 2. The zero-order valence-electron chi connectivity index (χ0n) is 19.0. The van der Waals surface area contributed by atoms with E-state index in [0.717, 1.165) is 10.0 Å². The van der Waals surface area contributed by atoms with Crippen molar-refractivity contribution in [1.82, 2.24) is 9.88 Å². The fourth-order valence-corrected chi connectivity index (χ4v) is 6.19. The number of nitrogens with zero attached hydrogens (tertiary/aromatic N) is 2. The van der Waals surface area contributed by atoms with Crippen molar-refractivity contribution in [3.63, 3.8) is 0 Å². The standard InChI is InChI=1S/C28H26BrN3O/c1-27(2)22-17-19(29)9-11-25(22)32-15-13-26(33)30-28(27,32)14-12-18-8-10-24-21(16-18)20-6-4-5-7-23(20)31(24)3/h4-12,14,16-17H,13,15H2,1-3H3,(H,30,33)/b14-12+/t28-/m0/s1. The minimum atomic E-state index is -0.612. The van der Waals surface area contributed by atoms with Crippen LogP contribution in [0.25, 0.3) is 27.9 Å². The average Bonchev–Trinajstić information content (AvgIpc) is 3.19. The Balaban J connectivity index is 1.49. The molecule has 1 N–H and O–H groups in total. The van der Waals surface area contributed by atoms with Crippen molar-refractivity contribution in [2.75, 3.05) is 11.4 Å². The van der Waals surface area contributed by atoms with Crippen molar-refractivity contribution in [2.24, 2.45) is 7.05 Å². The predicted molar refractivity (Wildman–Crippen MR) is 139 cm³/mol. The van der Waals surface area contributed by atoms with Gasteiger partial charge in [0.25, 0.3) is 0 Å². The van der Waals surface area contributed by atoms with Crippen molar-refractivity contribution >= 4 is 55.4 Å². The topological polar surface area (TPSA) is 37.3 Å². The van der Waals surface area contributed by atoms with Gasteiger partial charge in [-0.05, 0) is 53.6 Å². The maximum atomic E-state index is 12.7. The molecule has 2 aliphatic heterocycles. The molecule has 33 heavy (non-hydrogen) atoms. The quantitative estimate of drug-likeness (QED) is 0.360. The first-order chi connectivity index (χ1) is 15.8. The predicted octanol–water partition coefficient (Wildman–Crippen LogP) is 6.12. The van der Waals surface area contributed by atoms with E-state index >= 15 is 0 Å². The molecule has 1 saturated heterocycles. The van der Waals surface area contributed by atoms with Crippen LogP contribution in [0.3, 0.4) is 0 Å². The van der Waals surface area contributed by atoms with Gasteiger partial charge in [-0.3, -0.25) is 4.79 Å². The number of nitrogens with one attached hydrogen (secondary N) is 1. The van der Waals surface area contributed by atoms with Crippen LogP contribution in [0.5, 0.6) is 0 Å². The van der Waals surface area contributed by atoms with Gasteiger partial charge in [-0.25, -0.2) is 0 Å². The second-order valence-electron chi connectivity index (χ2n) is 9.69. The Hall–Kier alpha value is -3.05. The molecule has 0 unspecified atom stereocenters. The van der Waals surface area contributed by atoms with E-state index in [1.165, 1.54) is 33.1 Å². The van der Waals surface area contributed by atoms with Crippen molar-refractivity contribution in [2.45, 2.75) is 31.3 Å². The molecule has 3 heterocycles. The normalized spacial score (nSPS) is 21.6. The van der Waals surface area contributed by atoms with Gasteiger partial charge < -0.3 is 14.8 Å². The summed E-state index contributed by atoms with van der Waals surface area (Å²) in [6.45, 7) is 5.15. The summed E-state index contributed by atoms with van der Waals surface area (Å²) in [6.07, 6.45) is 4.87. The van der Waals surface area contributed by atoms with Crippen molar-refractivity contribution < 1.29 is 4.79 Å². The molecule has 0 bridgehead atoms. The van der Waals surface area contributed by atoms with Crippen molar-refractivity contribution in [3.05, 3.63) is 82.3 Å². The Morgan fingerprint density at radius 3 is 2.64 bits per heavy atom. The summed E-state index contributed by atoms with van der Waals surface area (Å²) in [5, 5.41) is 5.87. The fourth-order valence-electron chi connectivity index (χ4n) is 5.83. The Bertz CT molecular complexity index is 1480. The third-order valence-corrected chi connectivity index (χ3v) is 8.14. The van der Waals surface area contributed by atoms with E-state index < -0.39 is 5.66 Å². The molecule has 5 heteroatoms. The molecule has 2 aliphatic rings. The summed E-state index contributed by atoms with van der Waals surface area (Å²) in [5.74, 6) is 0.0975. The van der Waals surface area contributed by atoms with E-state index in [-0.39, 0.29) is 11.3 Å². The van der Waals surface area contributed by atoms with Crippen LogP contribution in [0.4, 0.5) is 5.69 Å². The first-order valence-corrected chi connectivity index (χ1v) is 12.2. The summed E-state index contributed by atoms with van der Waals surface area (Å²) < 4.78 is 3.30. The summed E-state index contributed by atoms with van der Waals surface area (Å²) in [6, 6.07) is 21.6. The third kappa shape index (κ3) is 2.78. The smallest absolute Gasteiger partial charge is 0.223 e. The third-order valence-electron chi connectivity index (χ3n) is 7.65. The lowest BCUT2D eigenvalue weighted by Crippen LogP contribution is -2.68. The number of aromatic nitrogens is 1. The number of carbonyl (C=O) groups excluding carboxylic acids is 1. The summed E-state index contributed by atoms with van der Waals surface area (Å²) in [5.41, 5.74) is 5.10. The minimum absolute atomic E-state index is 0.0975. The number of halogens is 1. The number of benzene rings is 3. The molecule has 4 aromatic rings. The summed E-state index contributed by atoms with van der Waals surface area (Å²) in [7, 11) is 2.12. The molecule has 1 atom stereocenters. The van der Waals surface area contributed by atoms with Crippen LogP contribution in [0.1, 0.15) is 31.4 Å². The van der Waals surface area contributed by atoms with Crippen LogP contribution >= 0.6 is 15.9 Å². The minimum Gasteiger partial charge on any atom is -0.344 e. The molecule has 1 fully saturated rings. The molecule has 1 amide bonds. The number of carbonyl (C=O) groups is 1. The SMILES string of the molecule is Cn1c2ccccc2c2cc(/C=C/[C@]34NC(=O)CCN3c3ccc(Br)cc3C4(C)C)ccc21. The lowest BCUT2D eigenvalue weighted by Gasteiger charge is -2.49. The van der Waals surface area contributed by atoms with Gasteiger partial charge in [-0.2, -0.15) is 0 Å². The van der Waals surface area contributed by atoms with Gasteiger partial charge in [0.15, 0.2) is 0 Å². The maximum absolute atomic E-state index is 12.7. The highest BCUT2D eigenvalue weighted by Crippen LogP contribution is 2.53. The molecule has 0 saturated carbocycles. The van der Waals surface area contributed by atoms with Crippen LogP contribution in [0.15, 0.2) is 71.2 Å². The number of aryl methyl sites for hydroxylation is 1. The van der Waals surface area contributed by atoms with Crippen molar-refractivity contribution in [1.29, 1.82) is 0 Å². The zero-order chi connectivity index (χ0) is 23.0. The lowest BCUT2D eigenvalue weighted by atomic mass is 9.74. The Kier molecular flexibility index (Phi) is 4.34. The van der Waals surface area contributed by atoms with Gasteiger partial charge in [0, 0.05) is 57.4 Å². The summed E-state index contributed by atoms with van der Waals surface area (Å²) >= 11 is 3.64. The van der Waals surface area contributed by atoms with Crippen LogP contribution in [0.2, 0.25) is 0 Å². The van der Waals surface area contributed by atoms with E-state index in [1.807, 2.05) is 0 Å². The van der Waals surface area contributed by atoms with Gasteiger partial charge in [0.2, 0.25) is 5.91 Å². The van der Waals surface area contributed by atoms with E-state index in [1.54, 1.807) is 0 Å². The molecule has 0 aliphatic carbocycles. The molecular formula is C28H26BrN3O. The van der Waals surface area contributed by atoms with Gasteiger partial charge in [0.1, 0.15) is 5.66 Å². The van der Waals surface area contributed by atoms with E-state index in [2.05, 4.69) is 124 Å². The first kappa shape index (κ1) is 20.5. The number of fused-ring (bicyclic) bond motifs is 6. The molecule has 0 radical (unpaired) electrons. The molecular weight excluding hydrogens is 474 g/mol. The van der Waals surface area contributed by atoms with E-state index in [4.69, 9.17) is 0 Å². The van der Waals surface area contributed by atoms with Crippen LogP contribution < -0.4 is 10.2 Å². The molecule has 3 aromatic carbocycles. The highest BCUT2D eigenvalue weighted by atomic mass is 79.9. The largest absolute Gasteiger partial charge is 0.344 e. The monoisotopic (exact) mass is 499 g/mol. The first-order valence-electron chi connectivity index (χ1n) is 11.4. The Morgan fingerprint density at radius 1 is 1.00 bits per heavy atom. The molecule has 0 spiro atoms. The highest BCUT2D eigenvalue weighted by Gasteiger charge is 2.57. The molecule has 6 rings (SSSR count). The number of hydrogen-bond acceptors (Lipinski definition) is 2. The van der Waals surface area contributed by atoms with Gasteiger partial charge in [0.05, 0.1) is 0 Å². The lowest BCUT2D eigenvalue weighted by molar-refractivity contribution is -0.124. The summed E-state index contributed by atoms with van der Waals surface area (Å²) in [4.78, 5) is 15.0. The van der Waals surface area contributed by atoms with Crippen LogP contribution in [0, 0.1) is 0 Å². The number of anilines is 1. The van der Waals surface area contributed by atoms with Gasteiger partial charge in [-0.15, -0.1) is 0 Å². The highest BCUT2D eigenvalue weighted by molar-refractivity contribution is 9.10. The number of hydrogen-bond donors (Lipinski definition) is 1. The number of amides is 1. The average molecular weight is 500 g/mol. The van der Waals surface area contributed by atoms with Crippen molar-refractivity contribution in [3.8, 4) is 0 Å².